The van der Waals surface area contributed by atoms with Gasteiger partial charge in [-0.1, -0.05) is 0 Å². The molecule has 1 aromatic heterocycles. The topological polar surface area (TPSA) is 20.3 Å². The van der Waals surface area contributed by atoms with Crippen LogP contribution in [0.15, 0.2) is 16.8 Å². The first-order chi connectivity index (χ1) is 5.63. The van der Waals surface area contributed by atoms with E-state index in [1.165, 1.54) is 0 Å². The number of nitrogens with zero attached hydrogens (tertiary/aromatic N) is 1. The van der Waals surface area contributed by atoms with Gasteiger partial charge in [0.25, 0.3) is 0 Å². The molecule has 0 fully saturated rings. The lowest BCUT2D eigenvalue weighted by Gasteiger charge is -2.17. The number of halogens is 1. The van der Waals surface area contributed by atoms with E-state index >= 15 is 0 Å². The second-order valence-corrected chi connectivity index (χ2v) is 3.80. The Labute approximate surface area is 89.0 Å². The molecule has 1 unspecified atom stereocenters. The molecule has 0 amide bonds. The zero-order valence-corrected chi connectivity index (χ0v) is 9.61. The Morgan fingerprint density at radius 1 is 1.54 bits per heavy atom. The van der Waals surface area contributed by atoms with Crippen molar-refractivity contribution in [3.63, 3.8) is 0 Å². The summed E-state index contributed by atoms with van der Waals surface area (Å²) in [6, 6.07) is 1.84. The van der Waals surface area contributed by atoms with Crippen LogP contribution in [-0.4, -0.2) is 30.8 Å². The van der Waals surface area contributed by atoms with Crippen molar-refractivity contribution in [1.29, 1.82) is 0 Å². The van der Waals surface area contributed by atoms with Crippen LogP contribution in [0.4, 0.5) is 0 Å². The van der Waals surface area contributed by atoms with Crippen molar-refractivity contribution in [3.05, 3.63) is 22.4 Å². The van der Waals surface area contributed by atoms with Gasteiger partial charge in [-0.3, -0.25) is 9.69 Å². The molecule has 1 aromatic rings. The van der Waals surface area contributed by atoms with Gasteiger partial charge in [-0.25, -0.2) is 0 Å². The SMILES string of the molecule is CC(C(=O)c1ccsc1)N(C)C.Cl. The molecule has 0 aliphatic heterocycles. The molecule has 0 radical (unpaired) electrons. The highest BCUT2D eigenvalue weighted by molar-refractivity contribution is 7.08. The van der Waals surface area contributed by atoms with Crippen LogP contribution in [0.25, 0.3) is 0 Å². The first-order valence-corrected chi connectivity index (χ1v) is 4.80. The third-order valence-corrected chi connectivity index (χ3v) is 2.64. The van der Waals surface area contributed by atoms with Crippen LogP contribution < -0.4 is 0 Å². The van der Waals surface area contributed by atoms with Gasteiger partial charge in [-0.15, -0.1) is 12.4 Å². The van der Waals surface area contributed by atoms with Crippen molar-refractivity contribution in [2.75, 3.05) is 14.1 Å². The van der Waals surface area contributed by atoms with Crippen LogP contribution in [0, 0.1) is 0 Å². The van der Waals surface area contributed by atoms with E-state index in [2.05, 4.69) is 0 Å². The van der Waals surface area contributed by atoms with Crippen LogP contribution in [0.2, 0.25) is 0 Å². The van der Waals surface area contributed by atoms with Crippen LogP contribution in [0.3, 0.4) is 0 Å². The molecule has 0 saturated heterocycles. The standard InChI is InChI=1S/C9H13NOS.ClH/c1-7(10(2)3)9(11)8-4-5-12-6-8;/h4-7H,1-3H3;1H. The molecule has 4 heteroatoms. The van der Waals surface area contributed by atoms with E-state index in [1.807, 2.05) is 42.7 Å². The average Bonchev–Trinajstić information content (AvgIpc) is 2.53. The number of thiophene rings is 1. The van der Waals surface area contributed by atoms with E-state index in [-0.39, 0.29) is 24.2 Å². The quantitative estimate of drug-likeness (QED) is 0.728. The molecule has 13 heavy (non-hydrogen) atoms. The summed E-state index contributed by atoms with van der Waals surface area (Å²) in [6.07, 6.45) is 0. The normalized spacial score (nSPS) is 12.3. The predicted octanol–water partition coefficient (Wildman–Crippen LogP) is 2.30. The van der Waals surface area contributed by atoms with Gasteiger partial charge in [-0.2, -0.15) is 11.3 Å². The van der Waals surface area contributed by atoms with Crippen molar-refractivity contribution in [2.45, 2.75) is 13.0 Å². The third kappa shape index (κ3) is 3.10. The Morgan fingerprint density at radius 2 is 2.15 bits per heavy atom. The van der Waals surface area contributed by atoms with E-state index in [0.29, 0.717) is 0 Å². The highest BCUT2D eigenvalue weighted by Crippen LogP contribution is 2.10. The molecular weight excluding hydrogens is 206 g/mol. The first kappa shape index (κ1) is 12.6. The first-order valence-electron chi connectivity index (χ1n) is 3.85. The van der Waals surface area contributed by atoms with Crippen molar-refractivity contribution in [3.8, 4) is 0 Å². The second kappa shape index (κ2) is 5.37. The summed E-state index contributed by atoms with van der Waals surface area (Å²) in [6.45, 7) is 1.92. The lowest BCUT2D eigenvalue weighted by Crippen LogP contribution is -2.32. The van der Waals surface area contributed by atoms with E-state index < -0.39 is 0 Å². The lowest BCUT2D eigenvalue weighted by molar-refractivity contribution is 0.0891. The highest BCUT2D eigenvalue weighted by atomic mass is 35.5. The molecule has 1 heterocycles. The van der Waals surface area contributed by atoms with Gasteiger partial charge in [0, 0.05) is 10.9 Å². The third-order valence-electron chi connectivity index (χ3n) is 1.96. The van der Waals surface area contributed by atoms with E-state index in [9.17, 15) is 4.79 Å². The summed E-state index contributed by atoms with van der Waals surface area (Å²) >= 11 is 1.56. The number of ketones is 1. The Bertz CT molecular complexity index is 259. The van der Waals surface area contributed by atoms with Crippen molar-refractivity contribution >= 4 is 29.5 Å². The Morgan fingerprint density at radius 3 is 2.54 bits per heavy atom. The zero-order valence-electron chi connectivity index (χ0n) is 7.98. The number of carbonyl (C=O) groups is 1. The maximum absolute atomic E-state index is 11.6. The minimum Gasteiger partial charge on any atom is -0.300 e. The second-order valence-electron chi connectivity index (χ2n) is 3.02. The van der Waals surface area contributed by atoms with Crippen molar-refractivity contribution in [1.82, 2.24) is 4.90 Å². The maximum Gasteiger partial charge on any atom is 0.180 e. The minimum atomic E-state index is -0.0281. The molecule has 0 saturated carbocycles. The van der Waals surface area contributed by atoms with Crippen LogP contribution in [-0.2, 0) is 0 Å². The fraction of sp³-hybridized carbons (Fsp3) is 0.444. The van der Waals surface area contributed by atoms with Gasteiger partial charge in [0.15, 0.2) is 5.78 Å². The lowest BCUT2D eigenvalue weighted by atomic mass is 10.1. The summed E-state index contributed by atoms with van der Waals surface area (Å²) in [4.78, 5) is 13.5. The Kier molecular flexibility index (Phi) is 5.21. The van der Waals surface area contributed by atoms with E-state index in [4.69, 9.17) is 0 Å². The van der Waals surface area contributed by atoms with Gasteiger partial charge in [-0.05, 0) is 32.5 Å². The molecule has 2 nitrogen and oxygen atoms in total. The number of rotatable bonds is 3. The van der Waals surface area contributed by atoms with E-state index in [1.54, 1.807) is 11.3 Å². The molecule has 0 aliphatic rings. The summed E-state index contributed by atoms with van der Waals surface area (Å²) < 4.78 is 0. The number of Topliss-reactive ketones (excluding diaryl/α,β-unsaturated/α-hetero) is 1. The van der Waals surface area contributed by atoms with Gasteiger partial charge in [0.2, 0.25) is 0 Å². The molecule has 0 aliphatic carbocycles. The summed E-state index contributed by atoms with van der Waals surface area (Å²) in [5.74, 6) is 0.196. The summed E-state index contributed by atoms with van der Waals surface area (Å²) in [5, 5.41) is 3.82. The molecule has 0 aromatic carbocycles. The summed E-state index contributed by atoms with van der Waals surface area (Å²) in [7, 11) is 3.82. The number of hydrogen-bond acceptors (Lipinski definition) is 3. The molecule has 0 N–H and O–H groups in total. The van der Waals surface area contributed by atoms with Crippen LogP contribution in [0.5, 0.6) is 0 Å². The Hall–Kier alpha value is -0.380. The summed E-state index contributed by atoms with van der Waals surface area (Å²) in [5.41, 5.74) is 0.821. The zero-order chi connectivity index (χ0) is 9.14. The molecule has 0 bridgehead atoms. The smallest absolute Gasteiger partial charge is 0.180 e. The Balaban J connectivity index is 0.00000144. The van der Waals surface area contributed by atoms with Crippen LogP contribution in [0.1, 0.15) is 17.3 Å². The predicted molar refractivity (Wildman–Crippen MR) is 59.0 cm³/mol. The largest absolute Gasteiger partial charge is 0.300 e. The molecule has 0 spiro atoms. The fourth-order valence-electron chi connectivity index (χ4n) is 0.880. The van der Waals surface area contributed by atoms with Gasteiger partial charge < -0.3 is 0 Å². The average molecular weight is 220 g/mol. The fourth-order valence-corrected chi connectivity index (χ4v) is 1.53. The molecular formula is C9H14ClNOS. The molecule has 1 rings (SSSR count). The van der Waals surface area contributed by atoms with Crippen LogP contribution >= 0.6 is 23.7 Å². The number of hydrogen-bond donors (Lipinski definition) is 0. The van der Waals surface area contributed by atoms with Crippen molar-refractivity contribution < 1.29 is 4.79 Å². The highest BCUT2D eigenvalue weighted by Gasteiger charge is 2.16. The van der Waals surface area contributed by atoms with Crippen molar-refractivity contribution in [2.24, 2.45) is 0 Å². The molecule has 1 atom stereocenters. The maximum atomic E-state index is 11.6. The number of likely N-dealkylation sites (N-methyl/N-ethyl adjacent to an activating group) is 1. The minimum absolute atomic E-state index is 0. The monoisotopic (exact) mass is 219 g/mol. The van der Waals surface area contributed by atoms with Gasteiger partial charge >= 0.3 is 0 Å². The number of carbonyl (C=O) groups excluding carboxylic acids is 1. The van der Waals surface area contributed by atoms with Gasteiger partial charge in [0.05, 0.1) is 6.04 Å². The van der Waals surface area contributed by atoms with Gasteiger partial charge in [0.1, 0.15) is 0 Å². The molecule has 74 valence electrons. The van der Waals surface area contributed by atoms with E-state index in [0.717, 1.165) is 5.56 Å².